The van der Waals surface area contributed by atoms with E-state index in [1.54, 1.807) is 13.1 Å². The van der Waals surface area contributed by atoms with Crippen LogP contribution in [0.1, 0.15) is 29.4 Å². The Morgan fingerprint density at radius 3 is 2.66 bits per heavy atom. The number of aliphatic imine (C=N–C) groups is 1. The van der Waals surface area contributed by atoms with E-state index in [0.29, 0.717) is 12.5 Å². The van der Waals surface area contributed by atoms with Crippen LogP contribution in [0.25, 0.3) is 0 Å². The molecule has 29 heavy (non-hydrogen) atoms. The molecule has 0 bridgehead atoms. The molecule has 1 atom stereocenters. The van der Waals surface area contributed by atoms with E-state index >= 15 is 0 Å². The Bertz CT molecular complexity index is 847. The zero-order valence-electron chi connectivity index (χ0n) is 17.3. The summed E-state index contributed by atoms with van der Waals surface area (Å²) in [5, 5.41) is 10.9. The number of aromatic nitrogens is 3. The van der Waals surface area contributed by atoms with Gasteiger partial charge in [-0.2, -0.15) is 18.3 Å². The van der Waals surface area contributed by atoms with Gasteiger partial charge >= 0.3 is 6.18 Å². The molecular weight excluding hydrogens is 385 g/mol. The van der Waals surface area contributed by atoms with Gasteiger partial charge in [-0.15, -0.1) is 0 Å². The number of nitrogens with zero attached hydrogens (tertiary/aromatic N) is 4. The summed E-state index contributed by atoms with van der Waals surface area (Å²) in [5.74, 6) is 0.520. The standard InChI is InChI=1S/C19H27F3N6O/c1-12(8-16-13(2)27-28(5)14(16)3)26-18(23-4)25-10-15-6-7-24-17(9-15)29-11-19(20,21)22/h6-7,9,12H,8,10-11H2,1-5H3,(H2,23,25,26). The van der Waals surface area contributed by atoms with Crippen LogP contribution >= 0.6 is 0 Å². The normalized spacial score (nSPS) is 13.3. The van der Waals surface area contributed by atoms with Gasteiger partial charge in [0.1, 0.15) is 0 Å². The molecule has 7 nitrogen and oxygen atoms in total. The lowest BCUT2D eigenvalue weighted by Gasteiger charge is -2.18. The molecule has 160 valence electrons. The first-order valence-electron chi connectivity index (χ1n) is 9.19. The van der Waals surface area contributed by atoms with E-state index in [1.165, 1.54) is 17.8 Å². The average Bonchev–Trinajstić information content (AvgIpc) is 2.89. The number of pyridine rings is 1. The molecular formula is C19H27F3N6O. The number of nitrogens with one attached hydrogen (secondary N) is 2. The molecule has 0 amide bonds. The summed E-state index contributed by atoms with van der Waals surface area (Å²) >= 11 is 0. The van der Waals surface area contributed by atoms with Gasteiger partial charge in [-0.3, -0.25) is 9.67 Å². The first-order chi connectivity index (χ1) is 13.6. The molecule has 1 unspecified atom stereocenters. The van der Waals surface area contributed by atoms with E-state index in [9.17, 15) is 13.2 Å². The van der Waals surface area contributed by atoms with Crippen LogP contribution in [0.2, 0.25) is 0 Å². The van der Waals surface area contributed by atoms with Crippen LogP contribution < -0.4 is 15.4 Å². The maximum Gasteiger partial charge on any atom is 0.422 e. The third-order valence-corrected chi connectivity index (χ3v) is 4.42. The van der Waals surface area contributed by atoms with Gasteiger partial charge < -0.3 is 15.4 Å². The SMILES string of the molecule is CN=C(NCc1ccnc(OCC(F)(F)F)c1)NC(C)Cc1c(C)nn(C)c1C. The monoisotopic (exact) mass is 412 g/mol. The number of halogens is 3. The molecule has 10 heteroatoms. The van der Waals surface area contributed by atoms with Crippen molar-refractivity contribution in [3.8, 4) is 5.88 Å². The molecule has 0 saturated heterocycles. The highest BCUT2D eigenvalue weighted by Crippen LogP contribution is 2.17. The molecule has 0 saturated carbocycles. The second kappa shape index (κ2) is 9.62. The molecule has 0 aliphatic carbocycles. The fraction of sp³-hybridized carbons (Fsp3) is 0.526. The summed E-state index contributed by atoms with van der Waals surface area (Å²) in [5.41, 5.74) is 4.06. The van der Waals surface area contributed by atoms with E-state index in [1.807, 2.05) is 32.5 Å². The van der Waals surface area contributed by atoms with Crippen molar-refractivity contribution in [3.63, 3.8) is 0 Å². The van der Waals surface area contributed by atoms with Crippen molar-refractivity contribution in [1.29, 1.82) is 0 Å². The molecule has 0 fully saturated rings. The third kappa shape index (κ3) is 6.95. The Kier molecular flexibility index (Phi) is 7.46. The summed E-state index contributed by atoms with van der Waals surface area (Å²) < 4.78 is 43.4. The van der Waals surface area contributed by atoms with Gasteiger partial charge in [0.25, 0.3) is 0 Å². The van der Waals surface area contributed by atoms with Gasteiger partial charge in [0.15, 0.2) is 12.6 Å². The lowest BCUT2D eigenvalue weighted by molar-refractivity contribution is -0.154. The van der Waals surface area contributed by atoms with Crippen LogP contribution in [0.4, 0.5) is 13.2 Å². The predicted octanol–water partition coefficient (Wildman–Crippen LogP) is 2.67. The summed E-state index contributed by atoms with van der Waals surface area (Å²) in [7, 11) is 3.58. The maximum absolute atomic E-state index is 12.3. The average molecular weight is 412 g/mol. The smallest absolute Gasteiger partial charge is 0.422 e. The lowest BCUT2D eigenvalue weighted by atomic mass is 10.1. The van der Waals surface area contributed by atoms with Gasteiger partial charge in [-0.25, -0.2) is 4.98 Å². The second-order valence-electron chi connectivity index (χ2n) is 6.85. The number of aryl methyl sites for hydroxylation is 2. The van der Waals surface area contributed by atoms with Crippen molar-refractivity contribution < 1.29 is 17.9 Å². The number of guanidine groups is 1. The molecule has 2 aromatic rings. The second-order valence-corrected chi connectivity index (χ2v) is 6.85. The van der Waals surface area contributed by atoms with Gasteiger partial charge in [0.2, 0.25) is 5.88 Å². The number of alkyl halides is 3. The Morgan fingerprint density at radius 1 is 1.34 bits per heavy atom. The Balaban J connectivity index is 1.90. The summed E-state index contributed by atoms with van der Waals surface area (Å²) in [6.07, 6.45) is -2.20. The Labute approximate surface area is 168 Å². The fourth-order valence-corrected chi connectivity index (χ4v) is 2.88. The summed E-state index contributed by atoms with van der Waals surface area (Å²) in [6, 6.07) is 3.27. The van der Waals surface area contributed by atoms with Crippen LogP contribution in [-0.2, 0) is 20.0 Å². The summed E-state index contributed by atoms with van der Waals surface area (Å²) in [6.45, 7) is 5.07. The molecule has 2 aromatic heterocycles. The van der Waals surface area contributed by atoms with Crippen molar-refractivity contribution in [2.24, 2.45) is 12.0 Å². The molecule has 0 aliphatic rings. The van der Waals surface area contributed by atoms with Crippen LogP contribution in [0.15, 0.2) is 23.3 Å². The van der Waals surface area contributed by atoms with Crippen LogP contribution in [0.3, 0.4) is 0 Å². The van der Waals surface area contributed by atoms with Crippen molar-refractivity contribution in [2.45, 2.75) is 46.0 Å². The maximum atomic E-state index is 12.3. The van der Waals surface area contributed by atoms with Gasteiger partial charge in [-0.1, -0.05) is 0 Å². The first-order valence-corrected chi connectivity index (χ1v) is 9.19. The van der Waals surface area contributed by atoms with Gasteiger partial charge in [-0.05, 0) is 44.4 Å². The van der Waals surface area contributed by atoms with E-state index in [0.717, 1.165) is 23.4 Å². The Morgan fingerprint density at radius 2 is 2.07 bits per heavy atom. The highest BCUT2D eigenvalue weighted by molar-refractivity contribution is 5.79. The molecule has 2 N–H and O–H groups in total. The molecule has 0 aromatic carbocycles. The molecule has 2 heterocycles. The topological polar surface area (TPSA) is 76.4 Å². The molecule has 0 spiro atoms. The third-order valence-electron chi connectivity index (χ3n) is 4.42. The molecule has 0 aliphatic heterocycles. The highest BCUT2D eigenvalue weighted by atomic mass is 19.4. The predicted molar refractivity (Wildman–Crippen MR) is 105 cm³/mol. The zero-order valence-corrected chi connectivity index (χ0v) is 17.3. The van der Waals surface area contributed by atoms with Crippen LogP contribution in [0.5, 0.6) is 5.88 Å². The van der Waals surface area contributed by atoms with E-state index in [4.69, 9.17) is 0 Å². The number of ether oxygens (including phenoxy) is 1. The fourth-order valence-electron chi connectivity index (χ4n) is 2.88. The number of hydrogen-bond acceptors (Lipinski definition) is 4. The largest absolute Gasteiger partial charge is 0.468 e. The Hall–Kier alpha value is -2.78. The van der Waals surface area contributed by atoms with Crippen LogP contribution in [-0.4, -0.2) is 46.6 Å². The minimum atomic E-state index is -4.40. The highest BCUT2D eigenvalue weighted by Gasteiger charge is 2.28. The van der Waals surface area contributed by atoms with Gasteiger partial charge in [0.05, 0.1) is 5.69 Å². The van der Waals surface area contributed by atoms with E-state index < -0.39 is 12.8 Å². The first kappa shape index (κ1) is 22.5. The molecule has 2 rings (SSSR count). The van der Waals surface area contributed by atoms with E-state index in [-0.39, 0.29) is 11.9 Å². The van der Waals surface area contributed by atoms with Crippen molar-refractivity contribution in [2.75, 3.05) is 13.7 Å². The van der Waals surface area contributed by atoms with Crippen molar-refractivity contribution in [1.82, 2.24) is 25.4 Å². The minimum absolute atomic E-state index is 0.0690. The van der Waals surface area contributed by atoms with Gasteiger partial charge in [0, 0.05) is 44.6 Å². The van der Waals surface area contributed by atoms with Crippen molar-refractivity contribution in [3.05, 3.63) is 40.8 Å². The number of hydrogen-bond donors (Lipinski definition) is 2. The summed E-state index contributed by atoms with van der Waals surface area (Å²) in [4.78, 5) is 8.00. The lowest BCUT2D eigenvalue weighted by Crippen LogP contribution is -2.42. The minimum Gasteiger partial charge on any atom is -0.468 e. The number of rotatable bonds is 7. The van der Waals surface area contributed by atoms with Crippen molar-refractivity contribution >= 4 is 5.96 Å². The zero-order chi connectivity index (χ0) is 21.6. The van der Waals surface area contributed by atoms with Crippen LogP contribution in [0, 0.1) is 13.8 Å². The quantitative estimate of drug-likeness (QED) is 0.540. The van der Waals surface area contributed by atoms with E-state index in [2.05, 4.69) is 30.4 Å². The molecule has 0 radical (unpaired) electrons.